The maximum Gasteiger partial charge on any atom is 0.150 e. The molecule has 0 N–H and O–H groups in total. The number of hydrogen-bond donors (Lipinski definition) is 0. The van der Waals surface area contributed by atoms with Crippen molar-refractivity contribution in [2.24, 2.45) is 5.92 Å². The second kappa shape index (κ2) is 4.04. The number of aromatic nitrogens is 2. The molecule has 0 spiro atoms. The van der Waals surface area contributed by atoms with Crippen molar-refractivity contribution < 1.29 is 4.74 Å². The summed E-state index contributed by atoms with van der Waals surface area (Å²) in [4.78, 5) is 4.56. The molecule has 1 aromatic rings. The molecule has 1 saturated heterocycles. The summed E-state index contributed by atoms with van der Waals surface area (Å²) in [6.07, 6.45) is 3.39. The highest BCUT2D eigenvalue weighted by molar-refractivity contribution is 6.30. The van der Waals surface area contributed by atoms with Crippen LogP contribution in [-0.4, -0.2) is 22.8 Å². The quantitative estimate of drug-likeness (QED) is 0.755. The van der Waals surface area contributed by atoms with Gasteiger partial charge in [0, 0.05) is 19.1 Å². The Morgan fingerprint density at radius 3 is 3.06 bits per heavy atom. The van der Waals surface area contributed by atoms with Gasteiger partial charge in [0.25, 0.3) is 0 Å². The molecule has 0 radical (unpaired) electrons. The van der Waals surface area contributed by atoms with Gasteiger partial charge in [0.1, 0.15) is 5.82 Å². The van der Waals surface area contributed by atoms with Crippen LogP contribution in [0.3, 0.4) is 0 Å². The van der Waals surface area contributed by atoms with Gasteiger partial charge in [-0.25, -0.2) is 4.98 Å². The molecular weight excluding hydrogens is 224 g/mol. The van der Waals surface area contributed by atoms with Gasteiger partial charge in [0.15, 0.2) is 5.15 Å². The van der Waals surface area contributed by atoms with Crippen LogP contribution in [0.1, 0.15) is 37.2 Å². The van der Waals surface area contributed by atoms with Crippen molar-refractivity contribution in [3.05, 3.63) is 16.7 Å². The second-order valence-corrected chi connectivity index (χ2v) is 5.38. The molecule has 0 saturated carbocycles. The van der Waals surface area contributed by atoms with Gasteiger partial charge in [-0.1, -0.05) is 18.5 Å². The third-order valence-corrected chi connectivity index (χ3v) is 4.04. The van der Waals surface area contributed by atoms with E-state index in [9.17, 15) is 0 Å². The molecule has 1 fully saturated rings. The summed E-state index contributed by atoms with van der Waals surface area (Å²) >= 11 is 6.23. The topological polar surface area (TPSA) is 27.1 Å². The average molecular weight is 241 g/mol. The smallest absolute Gasteiger partial charge is 0.150 e. The van der Waals surface area contributed by atoms with Gasteiger partial charge < -0.3 is 9.30 Å². The molecule has 0 amide bonds. The van der Waals surface area contributed by atoms with Gasteiger partial charge in [0.05, 0.1) is 12.3 Å². The highest BCUT2D eigenvalue weighted by Crippen LogP contribution is 2.33. The van der Waals surface area contributed by atoms with Crippen LogP contribution in [0.25, 0.3) is 0 Å². The molecule has 3 nitrogen and oxygen atoms in total. The zero-order valence-corrected chi connectivity index (χ0v) is 10.3. The summed E-state index contributed by atoms with van der Waals surface area (Å²) < 4.78 is 7.77. The minimum atomic E-state index is 0.458. The normalized spacial score (nSPS) is 29.4. The predicted octanol–water partition coefficient (Wildman–Crippen LogP) is 2.62. The summed E-state index contributed by atoms with van der Waals surface area (Å²) in [5.41, 5.74) is 1.24. The van der Waals surface area contributed by atoms with E-state index in [0.717, 1.165) is 44.3 Å². The first-order valence-electron chi connectivity index (χ1n) is 6.08. The molecule has 1 aromatic heterocycles. The van der Waals surface area contributed by atoms with E-state index in [-0.39, 0.29) is 0 Å². The highest BCUT2D eigenvalue weighted by Gasteiger charge is 2.28. The van der Waals surface area contributed by atoms with E-state index < -0.39 is 0 Å². The van der Waals surface area contributed by atoms with Crippen molar-refractivity contribution in [2.45, 2.75) is 38.6 Å². The Kier molecular flexibility index (Phi) is 2.68. The van der Waals surface area contributed by atoms with E-state index in [0.29, 0.717) is 11.1 Å². The monoisotopic (exact) mass is 240 g/mol. The Morgan fingerprint density at radius 1 is 1.44 bits per heavy atom. The van der Waals surface area contributed by atoms with Gasteiger partial charge in [-0.3, -0.25) is 0 Å². The number of rotatable bonds is 1. The summed E-state index contributed by atoms with van der Waals surface area (Å²) in [5, 5.41) is 0.716. The summed E-state index contributed by atoms with van der Waals surface area (Å²) in [7, 11) is 0. The van der Waals surface area contributed by atoms with Gasteiger partial charge in [-0.2, -0.15) is 0 Å². The highest BCUT2D eigenvalue weighted by atomic mass is 35.5. The third kappa shape index (κ3) is 1.66. The molecule has 2 unspecified atom stereocenters. The number of imidazole rings is 1. The lowest BCUT2D eigenvalue weighted by molar-refractivity contribution is 0.192. The summed E-state index contributed by atoms with van der Waals surface area (Å²) in [6, 6.07) is 0. The Hall–Kier alpha value is -0.540. The van der Waals surface area contributed by atoms with Crippen LogP contribution in [-0.2, 0) is 17.7 Å². The average Bonchev–Trinajstić information content (AvgIpc) is 2.87. The maximum atomic E-state index is 6.23. The lowest BCUT2D eigenvalue weighted by Crippen LogP contribution is -2.20. The van der Waals surface area contributed by atoms with Crippen molar-refractivity contribution >= 4 is 11.6 Å². The third-order valence-electron chi connectivity index (χ3n) is 3.74. The Labute approximate surface area is 101 Å². The molecule has 0 bridgehead atoms. The fourth-order valence-corrected chi connectivity index (χ4v) is 3.02. The summed E-state index contributed by atoms with van der Waals surface area (Å²) in [5.74, 6) is 2.35. The van der Waals surface area contributed by atoms with E-state index >= 15 is 0 Å². The molecule has 88 valence electrons. The Bertz CT molecular complexity index is 396. The van der Waals surface area contributed by atoms with E-state index in [1.54, 1.807) is 0 Å². The van der Waals surface area contributed by atoms with Crippen LogP contribution < -0.4 is 0 Å². The van der Waals surface area contributed by atoms with Crippen molar-refractivity contribution in [3.63, 3.8) is 0 Å². The maximum absolute atomic E-state index is 6.23. The number of hydrogen-bond acceptors (Lipinski definition) is 2. The largest absolute Gasteiger partial charge is 0.381 e. The van der Waals surface area contributed by atoms with Crippen LogP contribution in [0.4, 0.5) is 0 Å². The number of halogens is 1. The standard InChI is InChI=1S/C12H17ClN2O/c1-8-2-4-15-10(6-8)11(13)14-12(15)9-3-5-16-7-9/h8-9H,2-7H2,1H3. The van der Waals surface area contributed by atoms with Crippen molar-refractivity contribution in [1.82, 2.24) is 9.55 Å². The zero-order valence-electron chi connectivity index (χ0n) is 9.58. The first kappa shape index (κ1) is 10.6. The van der Waals surface area contributed by atoms with Crippen molar-refractivity contribution in [1.29, 1.82) is 0 Å². The van der Waals surface area contributed by atoms with Crippen LogP contribution in [0, 0.1) is 5.92 Å². The molecule has 2 atom stereocenters. The predicted molar refractivity (Wildman–Crippen MR) is 62.9 cm³/mol. The van der Waals surface area contributed by atoms with E-state index in [4.69, 9.17) is 16.3 Å². The SMILES string of the molecule is CC1CCn2c(C3CCOC3)nc(Cl)c2C1. The molecule has 2 aliphatic rings. The number of fused-ring (bicyclic) bond motifs is 1. The first-order chi connectivity index (χ1) is 7.75. The molecule has 2 aliphatic heterocycles. The fourth-order valence-electron chi connectivity index (χ4n) is 2.75. The van der Waals surface area contributed by atoms with Crippen molar-refractivity contribution in [2.75, 3.05) is 13.2 Å². The van der Waals surface area contributed by atoms with Gasteiger partial charge in [-0.15, -0.1) is 0 Å². The van der Waals surface area contributed by atoms with Crippen LogP contribution in [0.2, 0.25) is 5.15 Å². The van der Waals surface area contributed by atoms with E-state index in [1.165, 1.54) is 12.1 Å². The lowest BCUT2D eigenvalue weighted by atomic mass is 9.98. The minimum absolute atomic E-state index is 0.458. The van der Waals surface area contributed by atoms with Crippen molar-refractivity contribution in [3.8, 4) is 0 Å². The molecule has 3 rings (SSSR count). The van der Waals surface area contributed by atoms with E-state index in [2.05, 4.69) is 16.5 Å². The molecule has 16 heavy (non-hydrogen) atoms. The van der Waals surface area contributed by atoms with Crippen LogP contribution >= 0.6 is 11.6 Å². The molecule has 4 heteroatoms. The molecule has 3 heterocycles. The molecule has 0 aliphatic carbocycles. The molecular formula is C12H17ClN2O. The van der Waals surface area contributed by atoms with Gasteiger partial charge in [-0.05, 0) is 25.2 Å². The van der Waals surface area contributed by atoms with Gasteiger partial charge in [0.2, 0.25) is 0 Å². The number of nitrogens with zero attached hydrogens (tertiary/aromatic N) is 2. The Morgan fingerprint density at radius 2 is 2.31 bits per heavy atom. The fraction of sp³-hybridized carbons (Fsp3) is 0.750. The van der Waals surface area contributed by atoms with Crippen LogP contribution in [0.15, 0.2) is 0 Å². The first-order valence-corrected chi connectivity index (χ1v) is 6.46. The number of ether oxygens (including phenoxy) is 1. The van der Waals surface area contributed by atoms with E-state index in [1.807, 2.05) is 0 Å². The molecule has 0 aromatic carbocycles. The summed E-state index contributed by atoms with van der Waals surface area (Å²) in [6.45, 7) is 5.02. The van der Waals surface area contributed by atoms with Crippen LogP contribution in [0.5, 0.6) is 0 Å². The minimum Gasteiger partial charge on any atom is -0.381 e. The van der Waals surface area contributed by atoms with Gasteiger partial charge >= 0.3 is 0 Å². The lowest BCUT2D eigenvalue weighted by Gasteiger charge is -2.23. The Balaban J connectivity index is 1.97. The second-order valence-electron chi connectivity index (χ2n) is 5.02. The zero-order chi connectivity index (χ0) is 11.1.